The molecule has 0 unspecified atom stereocenters. The molecule has 10 heteroatoms. The summed E-state index contributed by atoms with van der Waals surface area (Å²) in [5.74, 6) is -0.231. The molecule has 0 saturated carbocycles. The maximum absolute atomic E-state index is 13.4. The second kappa shape index (κ2) is 9.18. The average molecular weight is 557 g/mol. The highest BCUT2D eigenvalue weighted by Crippen LogP contribution is 2.32. The van der Waals surface area contributed by atoms with Gasteiger partial charge in [-0.05, 0) is 66.5 Å². The molecule has 1 N–H and O–H groups in total. The van der Waals surface area contributed by atoms with Crippen molar-refractivity contribution in [3.8, 4) is 11.1 Å². The van der Waals surface area contributed by atoms with Crippen molar-refractivity contribution in [2.75, 3.05) is 13.6 Å². The quantitative estimate of drug-likeness (QED) is 0.380. The first-order valence-corrected chi connectivity index (χ1v) is 13.0. The molecule has 2 heterocycles. The zero-order valence-electron chi connectivity index (χ0n) is 19.7. The van der Waals surface area contributed by atoms with E-state index in [0.29, 0.717) is 26.8 Å². The van der Waals surface area contributed by atoms with Crippen molar-refractivity contribution in [2.45, 2.75) is 31.3 Å². The van der Waals surface area contributed by atoms with Crippen LogP contribution in [-0.2, 0) is 10.0 Å². The number of amides is 1. The Morgan fingerprint density at radius 2 is 1.74 bits per heavy atom. The summed E-state index contributed by atoms with van der Waals surface area (Å²) in [5.41, 5.74) is 2.25. The number of fused-ring (bicyclic) bond motifs is 1. The number of aromatic nitrogens is 3. The molecule has 4 aromatic rings. The van der Waals surface area contributed by atoms with E-state index in [-0.39, 0.29) is 23.0 Å². The number of nitrogens with zero attached hydrogens (tertiary/aromatic N) is 4. The lowest BCUT2D eigenvalue weighted by Gasteiger charge is -2.25. The first-order chi connectivity index (χ1) is 16.4. The van der Waals surface area contributed by atoms with Gasteiger partial charge < -0.3 is 10.0 Å². The maximum atomic E-state index is 13.4. The molecule has 0 atom stereocenters. The van der Waals surface area contributed by atoms with Gasteiger partial charge in [-0.15, -0.1) is 0 Å². The van der Waals surface area contributed by atoms with Gasteiger partial charge in [0.15, 0.2) is 5.65 Å². The van der Waals surface area contributed by atoms with Gasteiger partial charge in [0.1, 0.15) is 10.1 Å². The molecular weight excluding hydrogens is 532 g/mol. The normalized spacial score (nSPS) is 12.2. The van der Waals surface area contributed by atoms with Crippen LogP contribution >= 0.6 is 15.9 Å². The Morgan fingerprint density at radius 1 is 1.11 bits per heavy atom. The summed E-state index contributed by atoms with van der Waals surface area (Å²) in [7, 11) is -2.29. The average Bonchev–Trinajstić information content (AvgIpc) is 3.17. The van der Waals surface area contributed by atoms with E-state index in [1.165, 1.54) is 17.3 Å². The molecule has 0 bridgehead atoms. The van der Waals surface area contributed by atoms with Crippen molar-refractivity contribution >= 4 is 43.0 Å². The van der Waals surface area contributed by atoms with Crippen molar-refractivity contribution in [1.82, 2.24) is 18.8 Å². The fourth-order valence-corrected chi connectivity index (χ4v) is 5.42. The molecule has 0 spiro atoms. The lowest BCUT2D eigenvalue weighted by atomic mass is 10.0. The largest absolute Gasteiger partial charge is 0.389 e. The third-order valence-electron chi connectivity index (χ3n) is 5.43. The summed E-state index contributed by atoms with van der Waals surface area (Å²) in [4.78, 5) is 23.2. The van der Waals surface area contributed by atoms with E-state index in [0.717, 1.165) is 9.54 Å². The van der Waals surface area contributed by atoms with Crippen LogP contribution in [0.4, 0.5) is 0 Å². The second-order valence-corrected chi connectivity index (χ2v) is 11.7. The van der Waals surface area contributed by atoms with Crippen molar-refractivity contribution in [2.24, 2.45) is 0 Å². The van der Waals surface area contributed by atoms with Gasteiger partial charge in [-0.3, -0.25) is 4.79 Å². The number of likely N-dealkylation sites (N-methyl/N-ethyl adjacent to an activating group) is 1. The van der Waals surface area contributed by atoms with E-state index in [1.54, 1.807) is 69.4 Å². The SMILES string of the molecule is Cc1ccc(S(=O)(=O)n2cc(-c3ccc(C(=O)N(C)CC(C)(C)O)cc3)c3nc(Br)cnc32)cc1. The number of aryl methyl sites for hydroxylation is 1. The number of halogens is 1. The van der Waals surface area contributed by atoms with Crippen LogP contribution in [0, 0.1) is 6.92 Å². The lowest BCUT2D eigenvalue weighted by molar-refractivity contribution is 0.0368. The number of hydrogen-bond acceptors (Lipinski definition) is 6. The number of hydrogen-bond donors (Lipinski definition) is 1. The van der Waals surface area contributed by atoms with Crippen LogP contribution in [0.15, 0.2) is 70.4 Å². The summed E-state index contributed by atoms with van der Waals surface area (Å²) in [6, 6.07) is 13.4. The number of aliphatic hydroxyl groups is 1. The third-order valence-corrected chi connectivity index (χ3v) is 7.47. The molecule has 2 aromatic carbocycles. The van der Waals surface area contributed by atoms with Gasteiger partial charge in [0.2, 0.25) is 0 Å². The van der Waals surface area contributed by atoms with Gasteiger partial charge in [0.05, 0.1) is 16.7 Å². The van der Waals surface area contributed by atoms with E-state index < -0.39 is 15.6 Å². The minimum Gasteiger partial charge on any atom is -0.389 e. The Kier molecular flexibility index (Phi) is 6.56. The van der Waals surface area contributed by atoms with E-state index in [9.17, 15) is 18.3 Å². The smallest absolute Gasteiger partial charge is 0.269 e. The summed E-state index contributed by atoms with van der Waals surface area (Å²) >= 11 is 3.32. The number of benzene rings is 2. The lowest BCUT2D eigenvalue weighted by Crippen LogP contribution is -2.39. The first-order valence-electron chi connectivity index (χ1n) is 10.8. The van der Waals surface area contributed by atoms with Gasteiger partial charge in [-0.1, -0.05) is 29.8 Å². The molecule has 0 aliphatic carbocycles. The van der Waals surface area contributed by atoms with Crippen molar-refractivity contribution in [3.63, 3.8) is 0 Å². The van der Waals surface area contributed by atoms with Crippen molar-refractivity contribution in [1.29, 1.82) is 0 Å². The molecule has 0 aliphatic heterocycles. The number of carbonyl (C=O) groups is 1. The molecular formula is C25H25BrN4O4S. The topological polar surface area (TPSA) is 105 Å². The zero-order chi connectivity index (χ0) is 25.5. The predicted octanol–water partition coefficient (Wildman–Crippen LogP) is 4.25. The van der Waals surface area contributed by atoms with E-state index >= 15 is 0 Å². The summed E-state index contributed by atoms with van der Waals surface area (Å²) in [6.45, 7) is 5.35. The van der Waals surface area contributed by atoms with Crippen LogP contribution in [0.3, 0.4) is 0 Å². The Bertz CT molecular complexity index is 1510. The first kappa shape index (κ1) is 25.0. The highest BCUT2D eigenvalue weighted by molar-refractivity contribution is 9.10. The Balaban J connectivity index is 1.77. The van der Waals surface area contributed by atoms with Gasteiger partial charge in [-0.2, -0.15) is 0 Å². The zero-order valence-corrected chi connectivity index (χ0v) is 22.1. The molecule has 2 aromatic heterocycles. The fourth-order valence-electron chi connectivity index (χ4n) is 3.83. The maximum Gasteiger partial charge on any atom is 0.269 e. The van der Waals surface area contributed by atoms with Crippen LogP contribution < -0.4 is 0 Å². The Morgan fingerprint density at radius 3 is 2.34 bits per heavy atom. The van der Waals surface area contributed by atoms with Crippen molar-refractivity contribution in [3.05, 3.63) is 76.7 Å². The minimum absolute atomic E-state index is 0.145. The predicted molar refractivity (Wildman–Crippen MR) is 138 cm³/mol. The molecule has 4 rings (SSSR count). The number of carbonyl (C=O) groups excluding carboxylic acids is 1. The van der Waals surface area contributed by atoms with Gasteiger partial charge in [0.25, 0.3) is 15.9 Å². The Labute approximate surface area is 212 Å². The summed E-state index contributed by atoms with van der Waals surface area (Å²) in [5, 5.41) is 10.0. The van der Waals surface area contributed by atoms with E-state index in [1.807, 2.05) is 6.92 Å². The molecule has 182 valence electrons. The summed E-state index contributed by atoms with van der Waals surface area (Å²) < 4.78 is 28.5. The van der Waals surface area contributed by atoms with E-state index in [4.69, 9.17) is 0 Å². The van der Waals surface area contributed by atoms with Crippen molar-refractivity contribution < 1.29 is 18.3 Å². The molecule has 1 amide bonds. The van der Waals surface area contributed by atoms with Gasteiger partial charge in [-0.25, -0.2) is 22.4 Å². The number of rotatable bonds is 6. The highest BCUT2D eigenvalue weighted by atomic mass is 79.9. The molecule has 0 radical (unpaired) electrons. The van der Waals surface area contributed by atoms with Crippen LogP contribution in [0.5, 0.6) is 0 Å². The minimum atomic E-state index is -3.92. The van der Waals surface area contributed by atoms with Crippen LogP contribution in [0.25, 0.3) is 22.3 Å². The van der Waals surface area contributed by atoms with Crippen LogP contribution in [0.1, 0.15) is 29.8 Å². The molecule has 0 aliphatic rings. The standard InChI is InChI=1S/C25H25BrN4O4S/c1-16-5-11-19(12-6-16)35(33,34)30-14-20(22-23(30)27-13-21(26)28-22)17-7-9-18(10-8-17)24(31)29(4)15-25(2,3)32/h5-14,32H,15H2,1-4H3. The van der Waals surface area contributed by atoms with E-state index in [2.05, 4.69) is 25.9 Å². The van der Waals surface area contributed by atoms with Crippen LogP contribution in [0.2, 0.25) is 0 Å². The van der Waals surface area contributed by atoms with Gasteiger partial charge >= 0.3 is 0 Å². The third kappa shape index (κ3) is 5.14. The highest BCUT2D eigenvalue weighted by Gasteiger charge is 2.24. The fraction of sp³-hybridized carbons (Fsp3) is 0.240. The van der Waals surface area contributed by atoms with Crippen LogP contribution in [-0.4, -0.2) is 57.5 Å². The Hall–Kier alpha value is -3.08. The monoisotopic (exact) mass is 556 g/mol. The summed E-state index contributed by atoms with van der Waals surface area (Å²) in [6.07, 6.45) is 2.96. The van der Waals surface area contributed by atoms with Gasteiger partial charge in [0, 0.05) is 30.9 Å². The molecule has 8 nitrogen and oxygen atoms in total. The second-order valence-electron chi connectivity index (χ2n) is 9.07. The molecule has 0 saturated heterocycles. The molecule has 35 heavy (non-hydrogen) atoms. The molecule has 0 fully saturated rings.